The van der Waals surface area contributed by atoms with Gasteiger partial charge in [-0.2, -0.15) is 0 Å². The first-order valence-corrected chi connectivity index (χ1v) is 3.87. The Morgan fingerprint density at radius 1 is 1.67 bits per heavy atom. The molecule has 0 aromatic heterocycles. The molecule has 1 rings (SSSR count). The van der Waals surface area contributed by atoms with Gasteiger partial charge in [0.05, 0.1) is 0 Å². The van der Waals surface area contributed by atoms with Crippen LogP contribution in [0, 0.1) is 11.3 Å². The highest BCUT2D eigenvalue weighted by Gasteiger charge is 2.30. The molecule has 0 heteroatoms. The van der Waals surface area contributed by atoms with Crippen molar-refractivity contribution in [1.29, 1.82) is 0 Å². The Morgan fingerprint density at radius 3 is 2.33 bits per heavy atom. The minimum absolute atomic E-state index is 0.550. The number of rotatable bonds is 2. The lowest BCUT2D eigenvalue weighted by atomic mass is 9.68. The minimum atomic E-state index is 0.550. The maximum atomic E-state index is 2.35. The van der Waals surface area contributed by atoms with Crippen LogP contribution >= 0.6 is 0 Å². The summed E-state index contributed by atoms with van der Waals surface area (Å²) < 4.78 is 0. The van der Waals surface area contributed by atoms with Crippen LogP contribution in [-0.4, -0.2) is 0 Å². The van der Waals surface area contributed by atoms with Crippen molar-refractivity contribution < 1.29 is 0 Å². The van der Waals surface area contributed by atoms with Crippen molar-refractivity contribution in [2.45, 2.75) is 33.6 Å². The normalized spacial score (nSPS) is 35.9. The molecule has 0 saturated heterocycles. The summed E-state index contributed by atoms with van der Waals surface area (Å²) in [4.78, 5) is 0. The third-order valence-corrected chi connectivity index (χ3v) is 2.79. The first kappa shape index (κ1) is 6.85. The van der Waals surface area contributed by atoms with Crippen molar-refractivity contribution in [1.82, 2.24) is 0 Å². The van der Waals surface area contributed by atoms with E-state index >= 15 is 0 Å². The first-order valence-electron chi connectivity index (χ1n) is 3.87. The quantitative estimate of drug-likeness (QED) is 0.496. The maximum absolute atomic E-state index is 2.35. The molecule has 0 N–H and O–H groups in total. The van der Waals surface area contributed by atoms with Crippen LogP contribution in [0.25, 0.3) is 0 Å². The summed E-state index contributed by atoms with van der Waals surface area (Å²) in [6, 6.07) is 0. The molecule has 9 heavy (non-hydrogen) atoms. The summed E-state index contributed by atoms with van der Waals surface area (Å²) in [6.07, 6.45) is 7.22. The van der Waals surface area contributed by atoms with E-state index < -0.39 is 0 Å². The van der Waals surface area contributed by atoms with Gasteiger partial charge in [0.2, 0.25) is 0 Å². The van der Waals surface area contributed by atoms with Crippen LogP contribution in [0.5, 0.6) is 0 Å². The lowest BCUT2D eigenvalue weighted by molar-refractivity contribution is 0.245. The highest BCUT2D eigenvalue weighted by atomic mass is 14.3. The van der Waals surface area contributed by atoms with Gasteiger partial charge < -0.3 is 0 Å². The lowest BCUT2D eigenvalue weighted by Crippen LogP contribution is -2.26. The SMILES string of the molecule is CCC(C)C1(C)C=CC1. The smallest absolute Gasteiger partial charge is 0.00866 e. The molecule has 52 valence electrons. The number of allylic oxidation sites excluding steroid dienone is 2. The van der Waals surface area contributed by atoms with E-state index in [1.165, 1.54) is 12.8 Å². The van der Waals surface area contributed by atoms with Crippen LogP contribution < -0.4 is 0 Å². The Kier molecular flexibility index (Phi) is 1.65. The number of hydrogen-bond acceptors (Lipinski definition) is 0. The van der Waals surface area contributed by atoms with Gasteiger partial charge in [-0.25, -0.2) is 0 Å². The molecule has 0 heterocycles. The summed E-state index contributed by atoms with van der Waals surface area (Å²) in [5.74, 6) is 0.863. The highest BCUT2D eigenvalue weighted by Crippen LogP contribution is 2.41. The second-order valence-electron chi connectivity index (χ2n) is 3.42. The summed E-state index contributed by atoms with van der Waals surface area (Å²) >= 11 is 0. The van der Waals surface area contributed by atoms with Crippen LogP contribution in [-0.2, 0) is 0 Å². The van der Waals surface area contributed by atoms with Crippen LogP contribution in [0.4, 0.5) is 0 Å². The Balaban J connectivity index is 2.50. The summed E-state index contributed by atoms with van der Waals surface area (Å²) in [5.41, 5.74) is 0.550. The summed E-state index contributed by atoms with van der Waals surface area (Å²) in [6.45, 7) is 6.95. The minimum Gasteiger partial charge on any atom is -0.0871 e. The van der Waals surface area contributed by atoms with E-state index in [-0.39, 0.29) is 0 Å². The molecule has 0 bridgehead atoms. The van der Waals surface area contributed by atoms with Crippen molar-refractivity contribution in [2.75, 3.05) is 0 Å². The largest absolute Gasteiger partial charge is 0.0871 e. The van der Waals surface area contributed by atoms with Gasteiger partial charge in [-0.1, -0.05) is 39.3 Å². The van der Waals surface area contributed by atoms with Gasteiger partial charge in [0, 0.05) is 0 Å². The lowest BCUT2D eigenvalue weighted by Gasteiger charge is -2.37. The molecule has 0 fully saturated rings. The molecule has 1 aliphatic rings. The highest BCUT2D eigenvalue weighted by molar-refractivity contribution is 5.12. The Hall–Kier alpha value is -0.260. The fourth-order valence-electron chi connectivity index (χ4n) is 1.32. The van der Waals surface area contributed by atoms with E-state index in [0.29, 0.717) is 5.41 Å². The standard InChI is InChI=1S/C9H16/c1-4-8(2)9(3)6-5-7-9/h5-6,8H,4,7H2,1-3H3. The summed E-state index contributed by atoms with van der Waals surface area (Å²) in [7, 11) is 0. The van der Waals surface area contributed by atoms with E-state index in [9.17, 15) is 0 Å². The van der Waals surface area contributed by atoms with Gasteiger partial charge in [-0.15, -0.1) is 0 Å². The fourth-order valence-corrected chi connectivity index (χ4v) is 1.32. The monoisotopic (exact) mass is 124 g/mol. The molecule has 0 radical (unpaired) electrons. The molecule has 2 atom stereocenters. The Labute approximate surface area is 58.0 Å². The number of hydrogen-bond donors (Lipinski definition) is 0. The van der Waals surface area contributed by atoms with Gasteiger partial charge >= 0.3 is 0 Å². The Bertz CT molecular complexity index is 124. The van der Waals surface area contributed by atoms with Gasteiger partial charge in [0.25, 0.3) is 0 Å². The van der Waals surface area contributed by atoms with Gasteiger partial charge in [0.1, 0.15) is 0 Å². The van der Waals surface area contributed by atoms with E-state index in [1.54, 1.807) is 0 Å². The molecule has 0 amide bonds. The molecule has 0 saturated carbocycles. The maximum Gasteiger partial charge on any atom is -0.00866 e. The van der Waals surface area contributed by atoms with Gasteiger partial charge in [-0.3, -0.25) is 0 Å². The fraction of sp³-hybridized carbons (Fsp3) is 0.778. The molecule has 0 aromatic rings. The Morgan fingerprint density at radius 2 is 2.22 bits per heavy atom. The third-order valence-electron chi connectivity index (χ3n) is 2.79. The molecular formula is C9H16. The second kappa shape index (κ2) is 2.17. The predicted octanol–water partition coefficient (Wildman–Crippen LogP) is 3.00. The van der Waals surface area contributed by atoms with Gasteiger partial charge in [0.15, 0.2) is 0 Å². The van der Waals surface area contributed by atoms with Crippen LogP contribution in [0.1, 0.15) is 33.6 Å². The zero-order chi connectivity index (χ0) is 6.91. The van der Waals surface area contributed by atoms with Crippen molar-refractivity contribution in [3.8, 4) is 0 Å². The van der Waals surface area contributed by atoms with Crippen LogP contribution in [0.15, 0.2) is 12.2 Å². The van der Waals surface area contributed by atoms with E-state index in [2.05, 4.69) is 32.9 Å². The summed E-state index contributed by atoms with van der Waals surface area (Å²) in [5, 5.41) is 0. The second-order valence-corrected chi connectivity index (χ2v) is 3.42. The molecule has 2 unspecified atom stereocenters. The van der Waals surface area contributed by atoms with Crippen LogP contribution in [0.2, 0.25) is 0 Å². The van der Waals surface area contributed by atoms with E-state index in [4.69, 9.17) is 0 Å². The van der Waals surface area contributed by atoms with Crippen molar-refractivity contribution >= 4 is 0 Å². The first-order chi connectivity index (χ1) is 4.19. The van der Waals surface area contributed by atoms with E-state index in [0.717, 1.165) is 5.92 Å². The zero-order valence-corrected chi connectivity index (χ0v) is 6.65. The predicted molar refractivity (Wildman–Crippen MR) is 41.3 cm³/mol. The molecule has 0 spiro atoms. The van der Waals surface area contributed by atoms with Gasteiger partial charge in [-0.05, 0) is 17.8 Å². The molecule has 0 aromatic carbocycles. The molecular weight excluding hydrogens is 108 g/mol. The molecule has 1 aliphatic carbocycles. The molecule has 0 nitrogen and oxygen atoms in total. The zero-order valence-electron chi connectivity index (χ0n) is 6.65. The third kappa shape index (κ3) is 1.03. The van der Waals surface area contributed by atoms with E-state index in [1.807, 2.05) is 0 Å². The van der Waals surface area contributed by atoms with Crippen molar-refractivity contribution in [3.63, 3.8) is 0 Å². The van der Waals surface area contributed by atoms with Crippen molar-refractivity contribution in [2.24, 2.45) is 11.3 Å². The average molecular weight is 124 g/mol. The van der Waals surface area contributed by atoms with Crippen molar-refractivity contribution in [3.05, 3.63) is 12.2 Å². The van der Waals surface area contributed by atoms with Crippen LogP contribution in [0.3, 0.4) is 0 Å². The molecule has 0 aliphatic heterocycles. The topological polar surface area (TPSA) is 0 Å². The average Bonchev–Trinajstić information content (AvgIpc) is 1.81.